The fraction of sp³-hybridized carbons (Fsp3) is 0.522. The van der Waals surface area contributed by atoms with Crippen LogP contribution in [0.25, 0.3) is 0 Å². The zero-order valence-corrected chi connectivity index (χ0v) is 17.8. The van der Waals surface area contributed by atoms with Gasteiger partial charge in [-0.15, -0.1) is 11.8 Å². The normalized spacial score (nSPS) is 18.6. The largest absolute Gasteiger partial charge is 0.478 e. The summed E-state index contributed by atoms with van der Waals surface area (Å²) in [6, 6.07) is 4.26. The molecule has 2 aliphatic rings. The van der Waals surface area contributed by atoms with E-state index in [0.29, 0.717) is 17.5 Å². The number of aliphatic carboxylic acids is 1. The molecule has 0 amide bonds. The second-order valence-electron chi connectivity index (χ2n) is 8.00. The minimum absolute atomic E-state index is 0.0749. The molecule has 1 N–H and O–H groups in total. The Bertz CT molecular complexity index is 784. The van der Waals surface area contributed by atoms with Gasteiger partial charge >= 0.3 is 5.97 Å². The number of rotatable bonds is 8. The first-order valence-electron chi connectivity index (χ1n) is 10.5. The number of hydrogen-bond acceptors (Lipinski definition) is 3. The van der Waals surface area contributed by atoms with E-state index in [-0.39, 0.29) is 16.9 Å². The maximum Gasteiger partial charge on any atom is 0.338 e. The fourth-order valence-electron chi connectivity index (χ4n) is 4.08. The van der Waals surface area contributed by atoms with Gasteiger partial charge in [0.1, 0.15) is 5.82 Å². The third-order valence-corrected chi connectivity index (χ3v) is 6.89. The van der Waals surface area contributed by atoms with Crippen molar-refractivity contribution >= 4 is 17.7 Å². The Kier molecular flexibility index (Phi) is 7.92. The van der Waals surface area contributed by atoms with Gasteiger partial charge in [-0.3, -0.25) is 0 Å². The van der Waals surface area contributed by atoms with Crippen molar-refractivity contribution in [1.82, 2.24) is 4.90 Å². The standard InChI is InChI=1S/C23H28F3NO2S/c24-19-11-9-18(10-12-19)23(25,26)13-15-30-21-20(22(28)29)8-5-14-27(21)16-17-6-3-1-2-4-7-17/h5,8-12,17H,1-4,6-7,13-16H2,(H,28,29). The predicted octanol–water partition coefficient (Wildman–Crippen LogP) is 6.18. The van der Waals surface area contributed by atoms with Gasteiger partial charge in [0.15, 0.2) is 0 Å². The molecule has 30 heavy (non-hydrogen) atoms. The van der Waals surface area contributed by atoms with E-state index in [1.165, 1.54) is 37.4 Å². The smallest absolute Gasteiger partial charge is 0.338 e. The van der Waals surface area contributed by atoms with E-state index in [1.54, 1.807) is 6.08 Å². The van der Waals surface area contributed by atoms with Crippen molar-refractivity contribution in [3.05, 3.63) is 58.4 Å². The molecule has 164 valence electrons. The van der Waals surface area contributed by atoms with Gasteiger partial charge in [-0.25, -0.2) is 18.0 Å². The van der Waals surface area contributed by atoms with Gasteiger partial charge in [-0.2, -0.15) is 0 Å². The molecular formula is C23H28F3NO2S. The van der Waals surface area contributed by atoms with Crippen LogP contribution < -0.4 is 0 Å². The van der Waals surface area contributed by atoms with Gasteiger partial charge in [0.05, 0.1) is 10.6 Å². The van der Waals surface area contributed by atoms with Crippen molar-refractivity contribution in [1.29, 1.82) is 0 Å². The van der Waals surface area contributed by atoms with Gasteiger partial charge in [0, 0.05) is 30.8 Å². The summed E-state index contributed by atoms with van der Waals surface area (Å²) >= 11 is 1.18. The average Bonchev–Trinajstić information content (AvgIpc) is 2.98. The molecule has 1 aliphatic carbocycles. The van der Waals surface area contributed by atoms with Crippen LogP contribution in [0, 0.1) is 11.7 Å². The lowest BCUT2D eigenvalue weighted by molar-refractivity contribution is -0.132. The second-order valence-corrected chi connectivity index (χ2v) is 9.08. The topological polar surface area (TPSA) is 40.5 Å². The summed E-state index contributed by atoms with van der Waals surface area (Å²) in [7, 11) is 0. The highest BCUT2D eigenvalue weighted by molar-refractivity contribution is 8.03. The summed E-state index contributed by atoms with van der Waals surface area (Å²) in [5.41, 5.74) is -0.0549. The van der Waals surface area contributed by atoms with E-state index >= 15 is 0 Å². The SMILES string of the molecule is O=C(O)C1=C(SCCC(F)(F)c2ccc(F)cc2)N(CC2CCCCCC2)CC=C1. The predicted molar refractivity (Wildman–Crippen MR) is 114 cm³/mol. The molecule has 1 aromatic rings. The van der Waals surface area contributed by atoms with Crippen molar-refractivity contribution in [2.75, 3.05) is 18.8 Å². The van der Waals surface area contributed by atoms with Crippen LogP contribution in [0.1, 0.15) is 50.5 Å². The number of halogens is 3. The molecule has 1 saturated carbocycles. The Balaban J connectivity index is 1.67. The fourth-order valence-corrected chi connectivity index (χ4v) is 5.28. The first-order valence-corrected chi connectivity index (χ1v) is 11.5. The molecule has 1 aliphatic heterocycles. The van der Waals surface area contributed by atoms with Crippen molar-refractivity contribution in [2.45, 2.75) is 50.9 Å². The summed E-state index contributed by atoms with van der Waals surface area (Å²) in [5.74, 6) is -4.11. The van der Waals surface area contributed by atoms with Crippen molar-refractivity contribution in [3.63, 3.8) is 0 Å². The van der Waals surface area contributed by atoms with Crippen LogP contribution in [0.3, 0.4) is 0 Å². The van der Waals surface area contributed by atoms with Gasteiger partial charge in [0.25, 0.3) is 5.92 Å². The van der Waals surface area contributed by atoms with E-state index in [9.17, 15) is 23.1 Å². The Morgan fingerprint density at radius 1 is 1.13 bits per heavy atom. The van der Waals surface area contributed by atoms with Crippen LogP contribution in [0.5, 0.6) is 0 Å². The van der Waals surface area contributed by atoms with Crippen LogP contribution in [-0.4, -0.2) is 34.8 Å². The molecule has 3 rings (SSSR count). The third-order valence-electron chi connectivity index (χ3n) is 5.73. The highest BCUT2D eigenvalue weighted by atomic mass is 32.2. The quantitative estimate of drug-likeness (QED) is 0.491. The Morgan fingerprint density at radius 3 is 2.43 bits per heavy atom. The third kappa shape index (κ3) is 6.06. The lowest BCUT2D eigenvalue weighted by Crippen LogP contribution is -2.32. The van der Waals surface area contributed by atoms with Crippen LogP contribution in [0.4, 0.5) is 13.2 Å². The van der Waals surface area contributed by atoms with Crippen LogP contribution in [0.15, 0.2) is 47.0 Å². The lowest BCUT2D eigenvalue weighted by atomic mass is 9.99. The van der Waals surface area contributed by atoms with E-state index in [2.05, 4.69) is 0 Å². The van der Waals surface area contributed by atoms with Crippen molar-refractivity contribution in [3.8, 4) is 0 Å². The van der Waals surface area contributed by atoms with Crippen LogP contribution in [0.2, 0.25) is 0 Å². The Morgan fingerprint density at radius 2 is 1.80 bits per heavy atom. The summed E-state index contributed by atoms with van der Waals surface area (Å²) in [6.45, 7) is 1.36. The number of alkyl halides is 2. The van der Waals surface area contributed by atoms with Gasteiger partial charge < -0.3 is 10.0 Å². The van der Waals surface area contributed by atoms with Crippen molar-refractivity contribution in [2.24, 2.45) is 5.92 Å². The summed E-state index contributed by atoms with van der Waals surface area (Å²) in [6.07, 6.45) is 10.1. The Hall–Kier alpha value is -1.89. The number of nitrogens with zero attached hydrogens (tertiary/aromatic N) is 1. The number of carboxylic acid groups (broad SMARTS) is 1. The van der Waals surface area contributed by atoms with Crippen LogP contribution in [-0.2, 0) is 10.7 Å². The summed E-state index contributed by atoms with van der Waals surface area (Å²) < 4.78 is 42.1. The van der Waals surface area contributed by atoms with Gasteiger partial charge in [-0.1, -0.05) is 43.9 Å². The van der Waals surface area contributed by atoms with E-state index < -0.39 is 24.1 Å². The number of hydrogen-bond donors (Lipinski definition) is 1. The van der Waals surface area contributed by atoms with Gasteiger partial charge in [0.2, 0.25) is 0 Å². The molecule has 0 atom stereocenters. The maximum absolute atomic E-state index is 14.5. The van der Waals surface area contributed by atoms with E-state index in [0.717, 1.165) is 43.7 Å². The molecular weight excluding hydrogens is 411 g/mol. The summed E-state index contributed by atoms with van der Waals surface area (Å²) in [5, 5.41) is 10.2. The molecule has 0 unspecified atom stereocenters. The highest BCUT2D eigenvalue weighted by Gasteiger charge is 2.32. The van der Waals surface area contributed by atoms with E-state index in [1.807, 2.05) is 11.0 Å². The zero-order valence-electron chi connectivity index (χ0n) is 17.0. The molecule has 0 saturated heterocycles. The molecule has 3 nitrogen and oxygen atoms in total. The highest BCUT2D eigenvalue weighted by Crippen LogP contribution is 2.37. The number of carbonyl (C=O) groups is 1. The molecule has 0 spiro atoms. The average molecular weight is 440 g/mol. The lowest BCUT2D eigenvalue weighted by Gasteiger charge is -2.33. The van der Waals surface area contributed by atoms with Gasteiger partial charge in [-0.05, 0) is 37.0 Å². The number of benzene rings is 1. The molecule has 1 aromatic carbocycles. The maximum atomic E-state index is 14.5. The first kappa shape index (κ1) is 22.8. The molecule has 0 aromatic heterocycles. The van der Waals surface area contributed by atoms with Crippen molar-refractivity contribution < 1.29 is 23.1 Å². The minimum Gasteiger partial charge on any atom is -0.478 e. The summed E-state index contributed by atoms with van der Waals surface area (Å²) in [4.78, 5) is 13.8. The monoisotopic (exact) mass is 439 g/mol. The second kappa shape index (κ2) is 10.4. The minimum atomic E-state index is -3.10. The zero-order chi connectivity index (χ0) is 21.6. The molecule has 1 heterocycles. The molecule has 0 radical (unpaired) electrons. The molecule has 7 heteroatoms. The Labute approximate surface area is 180 Å². The molecule has 0 bridgehead atoms. The number of carboxylic acids is 1. The first-order chi connectivity index (χ1) is 14.4. The number of thioether (sulfide) groups is 1. The molecule has 1 fully saturated rings. The van der Waals surface area contributed by atoms with Crippen LogP contribution >= 0.6 is 11.8 Å². The van der Waals surface area contributed by atoms with E-state index in [4.69, 9.17) is 0 Å².